The molecule has 1 aromatic carbocycles. The number of hydrogen-bond acceptors (Lipinski definition) is 3. The van der Waals surface area contributed by atoms with Gasteiger partial charge in [-0.25, -0.2) is 4.79 Å². The van der Waals surface area contributed by atoms with Gasteiger partial charge in [-0.1, -0.05) is 46.8 Å². The van der Waals surface area contributed by atoms with Crippen molar-refractivity contribution in [1.29, 1.82) is 0 Å². The summed E-state index contributed by atoms with van der Waals surface area (Å²) < 4.78 is -0.422. The number of nitrogens with two attached hydrogens (primary N) is 1. The highest BCUT2D eigenvalue weighted by molar-refractivity contribution is 8.01. The molecule has 3 amide bonds. The summed E-state index contributed by atoms with van der Waals surface area (Å²) in [7, 11) is 0. The summed E-state index contributed by atoms with van der Waals surface area (Å²) >= 11 is 1.63. The predicted molar refractivity (Wildman–Crippen MR) is 109 cm³/mol. The molecule has 2 unspecified atom stereocenters. The van der Waals surface area contributed by atoms with E-state index in [9.17, 15) is 9.59 Å². The summed E-state index contributed by atoms with van der Waals surface area (Å²) in [5, 5.41) is 2.84. The van der Waals surface area contributed by atoms with E-state index in [0.29, 0.717) is 5.69 Å². The molecule has 0 aromatic heterocycles. The summed E-state index contributed by atoms with van der Waals surface area (Å²) in [6.07, 6.45) is 0. The van der Waals surface area contributed by atoms with Gasteiger partial charge in [-0.15, -0.1) is 11.8 Å². The quantitative estimate of drug-likeness (QED) is 0.830. The molecule has 2 rings (SSSR count). The molecule has 0 aliphatic carbocycles. The molecule has 2 atom stereocenters. The molecule has 6 heteroatoms. The number of nitrogens with one attached hydrogen (secondary N) is 1. The first-order valence-electron chi connectivity index (χ1n) is 9.01. The van der Waals surface area contributed by atoms with Crippen LogP contribution in [0.15, 0.2) is 24.3 Å². The van der Waals surface area contributed by atoms with Gasteiger partial charge in [-0.3, -0.25) is 9.69 Å². The van der Waals surface area contributed by atoms with Crippen molar-refractivity contribution in [3.63, 3.8) is 0 Å². The van der Waals surface area contributed by atoms with Crippen LogP contribution in [-0.4, -0.2) is 33.0 Å². The number of carbonyl (C=O) groups is 2. The first kappa shape index (κ1) is 20.6. The van der Waals surface area contributed by atoms with Crippen LogP contribution in [0.4, 0.5) is 10.5 Å². The van der Waals surface area contributed by atoms with Crippen molar-refractivity contribution in [2.24, 2.45) is 11.7 Å². The van der Waals surface area contributed by atoms with Gasteiger partial charge in [0.15, 0.2) is 0 Å². The number of carbonyl (C=O) groups excluding carboxylic acids is 2. The topological polar surface area (TPSA) is 75.4 Å². The largest absolute Gasteiger partial charge is 0.368 e. The lowest BCUT2D eigenvalue weighted by atomic mass is 9.87. The number of rotatable bonds is 3. The molecule has 0 spiro atoms. The van der Waals surface area contributed by atoms with E-state index in [1.165, 1.54) is 5.56 Å². The van der Waals surface area contributed by atoms with E-state index in [0.717, 1.165) is 0 Å². The summed E-state index contributed by atoms with van der Waals surface area (Å²) in [5.41, 5.74) is 7.61. The molecular formula is C20H31N3O2S. The molecule has 1 aliphatic heterocycles. The highest BCUT2D eigenvalue weighted by Crippen LogP contribution is 2.47. The first-order chi connectivity index (χ1) is 11.8. The fraction of sp³-hybridized carbons (Fsp3) is 0.600. The van der Waals surface area contributed by atoms with Crippen molar-refractivity contribution in [1.82, 2.24) is 4.90 Å². The van der Waals surface area contributed by atoms with E-state index in [1.807, 2.05) is 38.1 Å². The average molecular weight is 378 g/mol. The zero-order valence-corrected chi connectivity index (χ0v) is 17.6. The standard InChI is InChI=1S/C20H31N3O2S/c1-12(2)17-23(15(16(21)24)20(6,7)26-17)18(25)22-14-10-8-13(9-11-14)19(3,4)5/h8-12,15,17H,1-7H3,(H2,21,24)(H,22,25). The molecule has 0 bridgehead atoms. The van der Waals surface area contributed by atoms with Crippen molar-refractivity contribution in [2.45, 2.75) is 70.0 Å². The van der Waals surface area contributed by atoms with Crippen molar-refractivity contribution in [3.8, 4) is 0 Å². The number of primary amides is 1. The number of anilines is 1. The predicted octanol–water partition coefficient (Wildman–Crippen LogP) is 4.18. The zero-order chi connectivity index (χ0) is 19.9. The molecule has 1 fully saturated rings. The molecule has 26 heavy (non-hydrogen) atoms. The Hall–Kier alpha value is -1.69. The van der Waals surface area contributed by atoms with Crippen LogP contribution >= 0.6 is 11.8 Å². The number of urea groups is 1. The van der Waals surface area contributed by atoms with Gasteiger partial charge in [0.05, 0.1) is 5.37 Å². The fourth-order valence-corrected chi connectivity index (χ4v) is 4.91. The molecule has 0 radical (unpaired) electrons. The van der Waals surface area contributed by atoms with Gasteiger partial charge in [0.2, 0.25) is 5.91 Å². The third-order valence-corrected chi connectivity index (χ3v) is 6.56. The maximum atomic E-state index is 13.0. The van der Waals surface area contributed by atoms with Crippen LogP contribution in [0.25, 0.3) is 0 Å². The second-order valence-electron chi connectivity index (χ2n) is 8.83. The lowest BCUT2D eigenvalue weighted by molar-refractivity contribution is -0.122. The monoisotopic (exact) mass is 377 g/mol. The second-order valence-corrected chi connectivity index (χ2v) is 10.6. The van der Waals surface area contributed by atoms with Crippen molar-refractivity contribution < 1.29 is 9.59 Å². The normalized spacial score (nSPS) is 22.5. The summed E-state index contributed by atoms with van der Waals surface area (Å²) in [6, 6.07) is 6.91. The minimum Gasteiger partial charge on any atom is -0.368 e. The summed E-state index contributed by atoms with van der Waals surface area (Å²) in [4.78, 5) is 26.7. The Morgan fingerprint density at radius 1 is 1.19 bits per heavy atom. The highest BCUT2D eigenvalue weighted by Gasteiger charge is 2.53. The molecule has 3 N–H and O–H groups in total. The van der Waals surface area contributed by atoms with Gasteiger partial charge in [0.1, 0.15) is 6.04 Å². The van der Waals surface area contributed by atoms with Gasteiger partial charge in [0.25, 0.3) is 0 Å². The molecule has 1 saturated heterocycles. The highest BCUT2D eigenvalue weighted by atomic mass is 32.2. The van der Waals surface area contributed by atoms with Crippen LogP contribution in [0.3, 0.4) is 0 Å². The Balaban J connectivity index is 2.26. The summed E-state index contributed by atoms with van der Waals surface area (Å²) in [6.45, 7) is 14.5. The maximum absolute atomic E-state index is 13.0. The van der Waals surface area contributed by atoms with Crippen LogP contribution in [0, 0.1) is 5.92 Å². The molecular weight excluding hydrogens is 346 g/mol. The van der Waals surface area contributed by atoms with E-state index in [4.69, 9.17) is 5.73 Å². The van der Waals surface area contributed by atoms with E-state index in [-0.39, 0.29) is 22.7 Å². The number of benzene rings is 1. The molecule has 144 valence electrons. The maximum Gasteiger partial charge on any atom is 0.323 e. The van der Waals surface area contributed by atoms with E-state index in [1.54, 1.807) is 16.7 Å². The smallest absolute Gasteiger partial charge is 0.323 e. The van der Waals surface area contributed by atoms with Crippen LogP contribution in [-0.2, 0) is 10.2 Å². The lowest BCUT2D eigenvalue weighted by Gasteiger charge is -2.31. The minimum atomic E-state index is -0.645. The number of hydrogen-bond donors (Lipinski definition) is 2. The zero-order valence-electron chi connectivity index (χ0n) is 16.8. The second kappa shape index (κ2) is 7.14. The van der Waals surface area contributed by atoms with Gasteiger partial charge in [-0.05, 0) is 42.9 Å². The average Bonchev–Trinajstić information content (AvgIpc) is 2.78. The third-order valence-electron chi connectivity index (χ3n) is 4.71. The SMILES string of the molecule is CC(C)C1SC(C)(C)C(C(N)=O)N1C(=O)Nc1ccc(C(C)(C)C)cc1. The third kappa shape index (κ3) is 4.17. The Morgan fingerprint density at radius 2 is 1.73 bits per heavy atom. The molecule has 1 heterocycles. The Morgan fingerprint density at radius 3 is 2.15 bits per heavy atom. The van der Waals surface area contributed by atoms with Crippen LogP contribution in [0.2, 0.25) is 0 Å². The van der Waals surface area contributed by atoms with Gasteiger partial charge in [0, 0.05) is 10.4 Å². The number of amides is 3. The van der Waals surface area contributed by atoms with E-state index < -0.39 is 16.7 Å². The van der Waals surface area contributed by atoms with Crippen molar-refractivity contribution >= 4 is 29.4 Å². The van der Waals surface area contributed by atoms with Crippen LogP contribution in [0.5, 0.6) is 0 Å². The lowest BCUT2D eigenvalue weighted by Crippen LogP contribution is -2.55. The Bertz CT molecular complexity index is 677. The van der Waals surface area contributed by atoms with E-state index >= 15 is 0 Å². The summed E-state index contributed by atoms with van der Waals surface area (Å²) in [5.74, 6) is -0.262. The van der Waals surface area contributed by atoms with Crippen molar-refractivity contribution in [2.75, 3.05) is 5.32 Å². The van der Waals surface area contributed by atoms with Crippen LogP contribution < -0.4 is 11.1 Å². The fourth-order valence-electron chi connectivity index (χ4n) is 3.33. The molecule has 1 aliphatic rings. The number of thioether (sulfide) groups is 1. The van der Waals surface area contributed by atoms with Gasteiger partial charge >= 0.3 is 6.03 Å². The molecule has 5 nitrogen and oxygen atoms in total. The van der Waals surface area contributed by atoms with Gasteiger partial charge in [-0.2, -0.15) is 0 Å². The van der Waals surface area contributed by atoms with Crippen molar-refractivity contribution in [3.05, 3.63) is 29.8 Å². The molecule has 1 aromatic rings. The van der Waals surface area contributed by atoms with E-state index in [2.05, 4.69) is 39.9 Å². The van der Waals surface area contributed by atoms with Crippen LogP contribution in [0.1, 0.15) is 54.0 Å². The number of nitrogens with zero attached hydrogens (tertiary/aromatic N) is 1. The Kier molecular flexibility index (Phi) is 5.66. The molecule has 0 saturated carbocycles. The van der Waals surface area contributed by atoms with Gasteiger partial charge < -0.3 is 11.1 Å². The Labute approximate surface area is 161 Å². The first-order valence-corrected chi connectivity index (χ1v) is 9.89. The minimum absolute atomic E-state index is 0.0535.